The van der Waals surface area contributed by atoms with E-state index in [0.29, 0.717) is 36.2 Å². The Balaban J connectivity index is 0.000000275. The Labute approximate surface area is 281 Å². The molecule has 4 aromatic rings. The van der Waals surface area contributed by atoms with Gasteiger partial charge in [-0.25, -0.2) is 9.13 Å². The van der Waals surface area contributed by atoms with E-state index in [0.717, 1.165) is 35.1 Å². The molecule has 0 bridgehead atoms. The third-order valence-corrected chi connectivity index (χ3v) is 8.83. The van der Waals surface area contributed by atoms with Crippen LogP contribution in [0, 0.1) is 0 Å². The number of hydrogen-bond donors (Lipinski definition) is 6. The summed E-state index contributed by atoms with van der Waals surface area (Å²) in [7, 11) is -9.21. The molecule has 4 rings (SSSR count). The molecule has 2 atom stereocenters. The van der Waals surface area contributed by atoms with Gasteiger partial charge in [0.15, 0.2) is 0 Å². The number of aromatic hydroxyl groups is 2. The molecule has 0 heterocycles. The second kappa shape index (κ2) is 17.5. The molecule has 0 spiro atoms. The van der Waals surface area contributed by atoms with Crippen LogP contribution in [0.15, 0.2) is 97.1 Å². The Morgan fingerprint density at radius 3 is 1.04 bits per heavy atom. The number of hydrogen-bond acceptors (Lipinski definition) is 6. The lowest BCUT2D eigenvalue weighted by Crippen LogP contribution is -2.10. The van der Waals surface area contributed by atoms with Gasteiger partial charge in [0.2, 0.25) is 0 Å². The summed E-state index contributed by atoms with van der Waals surface area (Å²) in [6.45, 7) is 8.38. The predicted molar refractivity (Wildman–Crippen MR) is 188 cm³/mol. The Kier molecular flexibility index (Phi) is 14.1. The van der Waals surface area contributed by atoms with Crippen LogP contribution in [0.2, 0.25) is 0 Å². The smallest absolute Gasteiger partial charge is 0.508 e. The molecule has 48 heavy (non-hydrogen) atoms. The van der Waals surface area contributed by atoms with Crippen molar-refractivity contribution in [1.29, 1.82) is 0 Å². The van der Waals surface area contributed by atoms with Crippen LogP contribution in [0.4, 0.5) is 0 Å². The quantitative estimate of drug-likeness (QED) is 0.0584. The summed E-state index contributed by atoms with van der Waals surface area (Å²) in [4.78, 5) is 35.5. The lowest BCUT2D eigenvalue weighted by atomic mass is 9.78. The number of benzene rings is 4. The summed E-state index contributed by atoms with van der Waals surface area (Å²) < 4.78 is 31.0. The van der Waals surface area contributed by atoms with Crippen molar-refractivity contribution in [1.82, 2.24) is 0 Å². The van der Waals surface area contributed by atoms with Crippen molar-refractivity contribution >= 4 is 26.8 Å². The maximum absolute atomic E-state index is 10.9. The molecular weight excluding hydrogens is 654 g/mol. The van der Waals surface area contributed by atoms with E-state index in [1.165, 1.54) is 35.4 Å². The molecule has 0 aliphatic rings. The van der Waals surface area contributed by atoms with Gasteiger partial charge >= 0.3 is 15.6 Å². The van der Waals surface area contributed by atoms with Gasteiger partial charge in [0.1, 0.15) is 23.0 Å². The van der Waals surface area contributed by atoms with Crippen LogP contribution < -0.4 is 9.05 Å². The Morgan fingerprint density at radius 1 is 0.521 bits per heavy atom. The SMILES string of the molecule is CC/C(=C(/CC)c1ccc(OP(=O)(O)O)cc1)c1ccc(OP(=O)(O)O)cc1.CC[C@H](c1ccc(O)cc1)[C@@H](CC)c1ccc(O)cc1. The van der Waals surface area contributed by atoms with Crippen LogP contribution >= 0.6 is 15.6 Å². The fraction of sp³-hybridized carbons (Fsp3) is 0.278. The molecule has 0 saturated heterocycles. The third-order valence-electron chi connectivity index (χ3n) is 7.93. The number of phenolic OH excluding ortho intramolecular Hbond substituents is 2. The van der Waals surface area contributed by atoms with Crippen molar-refractivity contribution in [2.45, 2.75) is 65.2 Å². The molecule has 0 aliphatic carbocycles. The summed E-state index contributed by atoms with van der Waals surface area (Å²) in [6.07, 6.45) is 3.51. The molecule has 0 radical (unpaired) electrons. The van der Waals surface area contributed by atoms with Crippen LogP contribution in [-0.4, -0.2) is 29.8 Å². The van der Waals surface area contributed by atoms with E-state index >= 15 is 0 Å². The monoisotopic (exact) mass is 698 g/mol. The molecule has 12 heteroatoms. The van der Waals surface area contributed by atoms with Gasteiger partial charge < -0.3 is 19.3 Å². The van der Waals surface area contributed by atoms with E-state index in [1.807, 2.05) is 38.1 Å². The highest BCUT2D eigenvalue weighted by atomic mass is 31.2. The van der Waals surface area contributed by atoms with E-state index in [2.05, 4.69) is 22.9 Å². The number of phenols is 2. The zero-order valence-electron chi connectivity index (χ0n) is 27.4. The van der Waals surface area contributed by atoms with Crippen molar-refractivity contribution < 1.29 is 48.0 Å². The highest BCUT2D eigenvalue weighted by Gasteiger charge is 2.22. The van der Waals surface area contributed by atoms with Crippen LogP contribution in [0.25, 0.3) is 11.1 Å². The van der Waals surface area contributed by atoms with Crippen molar-refractivity contribution in [3.63, 3.8) is 0 Å². The topological polar surface area (TPSA) is 174 Å². The van der Waals surface area contributed by atoms with E-state index in [4.69, 9.17) is 19.6 Å². The van der Waals surface area contributed by atoms with Crippen LogP contribution in [0.3, 0.4) is 0 Å². The van der Waals surface area contributed by atoms with Gasteiger partial charge in [-0.3, -0.25) is 19.6 Å². The number of rotatable bonds is 13. The summed E-state index contributed by atoms with van der Waals surface area (Å²) in [6, 6.07) is 27.9. The van der Waals surface area contributed by atoms with Gasteiger partial charge in [0, 0.05) is 0 Å². The van der Waals surface area contributed by atoms with Gasteiger partial charge in [-0.15, -0.1) is 0 Å². The molecule has 6 N–H and O–H groups in total. The van der Waals surface area contributed by atoms with E-state index in [9.17, 15) is 19.3 Å². The molecule has 0 aliphatic heterocycles. The maximum atomic E-state index is 10.9. The summed E-state index contributed by atoms with van der Waals surface area (Å²) in [5.74, 6) is 1.60. The Hall–Kier alpha value is -3.88. The third kappa shape index (κ3) is 11.7. The van der Waals surface area contributed by atoms with Crippen LogP contribution in [0.1, 0.15) is 87.5 Å². The fourth-order valence-corrected chi connectivity index (χ4v) is 6.63. The first-order valence-electron chi connectivity index (χ1n) is 15.7. The zero-order chi connectivity index (χ0) is 35.5. The first-order chi connectivity index (χ1) is 22.7. The van der Waals surface area contributed by atoms with E-state index < -0.39 is 15.6 Å². The summed E-state index contributed by atoms with van der Waals surface area (Å²) >= 11 is 0. The predicted octanol–water partition coefficient (Wildman–Crippen LogP) is 9.15. The maximum Gasteiger partial charge on any atom is 0.524 e. The lowest BCUT2D eigenvalue weighted by Gasteiger charge is -2.26. The highest BCUT2D eigenvalue weighted by Crippen LogP contribution is 2.41. The molecule has 4 aromatic carbocycles. The van der Waals surface area contributed by atoms with E-state index in [-0.39, 0.29) is 11.5 Å². The molecule has 0 amide bonds. The van der Waals surface area contributed by atoms with Gasteiger partial charge in [-0.05, 0) is 119 Å². The van der Waals surface area contributed by atoms with Crippen molar-refractivity contribution in [2.75, 3.05) is 0 Å². The zero-order valence-corrected chi connectivity index (χ0v) is 29.2. The van der Waals surface area contributed by atoms with Gasteiger partial charge in [0.05, 0.1) is 0 Å². The summed E-state index contributed by atoms with van der Waals surface area (Å²) in [5.41, 5.74) is 6.35. The first-order valence-corrected chi connectivity index (χ1v) is 18.7. The van der Waals surface area contributed by atoms with E-state index in [1.54, 1.807) is 48.5 Å². The average molecular weight is 699 g/mol. The molecule has 0 saturated carbocycles. The normalized spacial score (nSPS) is 13.4. The Morgan fingerprint density at radius 2 is 0.812 bits per heavy atom. The second-order valence-electron chi connectivity index (χ2n) is 11.1. The van der Waals surface area contributed by atoms with Crippen LogP contribution in [-0.2, 0) is 9.13 Å². The largest absolute Gasteiger partial charge is 0.524 e. The fourth-order valence-electron chi connectivity index (χ4n) is 5.84. The van der Waals surface area contributed by atoms with Crippen LogP contribution in [0.5, 0.6) is 23.0 Å². The minimum atomic E-state index is -4.61. The first kappa shape index (κ1) is 38.6. The average Bonchev–Trinajstić information content (AvgIpc) is 3.03. The van der Waals surface area contributed by atoms with Gasteiger partial charge in [0.25, 0.3) is 0 Å². The molecule has 10 nitrogen and oxygen atoms in total. The highest BCUT2D eigenvalue weighted by molar-refractivity contribution is 7.47. The van der Waals surface area contributed by atoms with Crippen molar-refractivity contribution in [3.8, 4) is 23.0 Å². The standard InChI is InChI=1S/C18H22O8P2.C18H22O2/c1-3-17(13-5-9-15(10-6-13)25-27(19,20)21)18(4-2)14-7-11-16(12-8-14)26-28(22,23)24;1-3-17(13-5-9-15(19)10-6-13)18(4-2)14-7-11-16(20)12-8-14/h5-12H,3-4H2,1-2H3,(H2,19,20,21)(H2,22,23,24);5-12,17-20H,3-4H2,1-2H3/b18-17+;/t;17-,18+. The number of phosphoric ester groups is 2. The second-order valence-corrected chi connectivity index (χ2v) is 13.4. The van der Waals surface area contributed by atoms with Gasteiger partial charge in [-0.1, -0.05) is 76.2 Å². The van der Waals surface area contributed by atoms with Gasteiger partial charge in [-0.2, -0.15) is 0 Å². The Bertz CT molecular complexity index is 1580. The molecule has 0 aromatic heterocycles. The van der Waals surface area contributed by atoms with Crippen molar-refractivity contribution in [3.05, 3.63) is 119 Å². The minimum Gasteiger partial charge on any atom is -0.508 e. The molecule has 258 valence electrons. The molecule has 0 fully saturated rings. The van der Waals surface area contributed by atoms with Crippen molar-refractivity contribution in [2.24, 2.45) is 0 Å². The number of allylic oxidation sites excluding steroid dienone is 2. The lowest BCUT2D eigenvalue weighted by molar-refractivity contribution is 0.281. The summed E-state index contributed by atoms with van der Waals surface area (Å²) in [5, 5.41) is 18.9. The minimum absolute atomic E-state index is 0.0736. The molecule has 0 unspecified atom stereocenters. The molecular formula is C36H44O10P2. The number of phosphoric acid groups is 2.